The van der Waals surface area contributed by atoms with Crippen molar-refractivity contribution in [1.29, 1.82) is 0 Å². The van der Waals surface area contributed by atoms with Crippen LogP contribution in [0, 0.1) is 0 Å². The predicted octanol–water partition coefficient (Wildman–Crippen LogP) is 6.10. The van der Waals surface area contributed by atoms with Crippen molar-refractivity contribution in [3.8, 4) is 23.0 Å². The maximum atomic E-state index is 14.8. The van der Waals surface area contributed by atoms with E-state index in [2.05, 4.69) is 15.3 Å². The number of aliphatic hydroxyl groups is 1. The summed E-state index contributed by atoms with van der Waals surface area (Å²) >= 11 is 0. The normalized spacial score (nSPS) is 16.5. The van der Waals surface area contributed by atoms with Crippen LogP contribution in [0.4, 0.5) is 0 Å². The fraction of sp³-hybridized carbons (Fsp3) is 0.297. The Balaban J connectivity index is 1.61. The van der Waals surface area contributed by atoms with Crippen molar-refractivity contribution in [3.63, 3.8) is 0 Å². The number of amides is 1. The molecule has 4 aromatic rings. The molecule has 5 rings (SSSR count). The zero-order chi connectivity index (χ0) is 34.6. The Morgan fingerprint density at radius 3 is 2.37 bits per heavy atom. The van der Waals surface area contributed by atoms with Crippen molar-refractivity contribution in [2.75, 3.05) is 34.5 Å². The third-order valence-electron chi connectivity index (χ3n) is 8.24. The number of azide groups is 1. The largest absolute Gasteiger partial charge is 0.497 e. The highest BCUT2D eigenvalue weighted by atomic mass is 16.5. The van der Waals surface area contributed by atoms with E-state index >= 15 is 0 Å². The highest BCUT2D eigenvalue weighted by molar-refractivity contribution is 6.01. The number of hydrogen-bond acceptors (Lipinski definition) is 9. The molecular weight excluding hydrogens is 626 g/mol. The Labute approximate surface area is 284 Å². The monoisotopic (exact) mass is 665 g/mol. The number of carbonyl (C=O) groups excluding carboxylic acids is 1. The first-order chi connectivity index (χ1) is 23.9. The topological polar surface area (TPSA) is 157 Å². The smallest absolute Gasteiger partial charge is 0.252 e. The molecule has 0 unspecified atom stereocenters. The van der Waals surface area contributed by atoms with Crippen LogP contribution in [-0.2, 0) is 29.0 Å². The van der Waals surface area contributed by atoms with Gasteiger partial charge in [-0.2, -0.15) is 0 Å². The van der Waals surface area contributed by atoms with E-state index in [1.165, 1.54) is 0 Å². The van der Waals surface area contributed by atoms with Gasteiger partial charge < -0.3 is 34.1 Å². The lowest BCUT2D eigenvalue weighted by molar-refractivity contribution is -0.129. The summed E-state index contributed by atoms with van der Waals surface area (Å²) < 4.78 is 28.9. The maximum absolute atomic E-state index is 14.8. The van der Waals surface area contributed by atoms with E-state index in [-0.39, 0.29) is 37.9 Å². The Morgan fingerprint density at radius 2 is 1.65 bits per heavy atom. The molecule has 2 atom stereocenters. The minimum absolute atomic E-state index is 0.0375. The van der Waals surface area contributed by atoms with Gasteiger partial charge in [-0.1, -0.05) is 41.5 Å². The fourth-order valence-electron chi connectivity index (χ4n) is 5.70. The van der Waals surface area contributed by atoms with Gasteiger partial charge in [-0.3, -0.25) is 4.79 Å². The van der Waals surface area contributed by atoms with Crippen LogP contribution in [0.5, 0.6) is 23.0 Å². The Bertz CT molecular complexity index is 1820. The summed E-state index contributed by atoms with van der Waals surface area (Å²) in [5, 5.41) is 16.0. The Hall–Kier alpha value is -5.71. The second-order valence-corrected chi connectivity index (χ2v) is 11.3. The van der Waals surface area contributed by atoms with Gasteiger partial charge in [0.05, 0.1) is 34.5 Å². The number of nitrogens with zero attached hydrogens (tertiary/aromatic N) is 4. The average molecular weight is 666 g/mol. The highest BCUT2D eigenvalue weighted by Crippen LogP contribution is 2.44. The van der Waals surface area contributed by atoms with E-state index in [4.69, 9.17) is 39.3 Å². The standard InChI is InChI=1S/C37H39N5O7/c1-45-31-11-6-10-26(20-31)34-37(22-27-8-4-5-9-28(27)24-40-42-38,36(44)39-23-29-14-17-32(46-2)21-33(29)47-3)41-35(49-34)25-12-15-30(16-13-25)48-19-7-18-43/h4-6,8-17,20-21,34,43H,7,18-19,22-24H2,1-3H3,(H,39,44)/t34-,37-/m1/s1. The number of benzene rings is 4. The third-order valence-corrected chi connectivity index (χ3v) is 8.24. The molecule has 1 aliphatic rings. The van der Waals surface area contributed by atoms with E-state index in [9.17, 15) is 4.79 Å². The minimum atomic E-state index is -1.51. The van der Waals surface area contributed by atoms with E-state index in [0.717, 1.165) is 16.7 Å². The molecule has 0 spiro atoms. The molecule has 0 fully saturated rings. The van der Waals surface area contributed by atoms with E-state index in [0.29, 0.717) is 47.2 Å². The lowest BCUT2D eigenvalue weighted by Gasteiger charge is -2.31. The molecule has 4 aromatic carbocycles. The van der Waals surface area contributed by atoms with Crippen LogP contribution in [0.15, 0.2) is 101 Å². The van der Waals surface area contributed by atoms with Gasteiger partial charge in [0, 0.05) is 48.1 Å². The van der Waals surface area contributed by atoms with Gasteiger partial charge in [0.25, 0.3) is 5.91 Å². The summed E-state index contributed by atoms with van der Waals surface area (Å²) in [6, 6.07) is 27.5. The average Bonchev–Trinajstić information content (AvgIpc) is 3.54. The molecule has 1 aliphatic heterocycles. The molecule has 49 heavy (non-hydrogen) atoms. The molecule has 0 saturated carbocycles. The van der Waals surface area contributed by atoms with Crippen LogP contribution < -0.4 is 24.3 Å². The van der Waals surface area contributed by atoms with E-state index in [1.807, 2.05) is 66.7 Å². The molecular formula is C37H39N5O7. The second-order valence-electron chi connectivity index (χ2n) is 11.3. The molecule has 12 heteroatoms. The summed E-state index contributed by atoms with van der Waals surface area (Å²) in [4.78, 5) is 22.9. The number of ether oxygens (including phenoxy) is 5. The molecule has 1 amide bonds. The van der Waals surface area contributed by atoms with Gasteiger partial charge in [0.1, 0.15) is 23.0 Å². The zero-order valence-electron chi connectivity index (χ0n) is 27.7. The first-order valence-corrected chi connectivity index (χ1v) is 15.8. The molecule has 12 nitrogen and oxygen atoms in total. The molecule has 0 saturated heterocycles. The summed E-state index contributed by atoms with van der Waals surface area (Å²) in [7, 11) is 4.71. The van der Waals surface area contributed by atoms with Crippen LogP contribution in [0.1, 0.15) is 40.3 Å². The van der Waals surface area contributed by atoms with Crippen LogP contribution in [0.2, 0.25) is 0 Å². The zero-order valence-corrected chi connectivity index (χ0v) is 27.7. The van der Waals surface area contributed by atoms with Crippen LogP contribution >= 0.6 is 0 Å². The number of aliphatic imine (C=N–C) groups is 1. The first kappa shape index (κ1) is 34.6. The van der Waals surface area contributed by atoms with Gasteiger partial charge in [-0.05, 0) is 70.8 Å². The van der Waals surface area contributed by atoms with Crippen molar-refractivity contribution in [3.05, 3.63) is 129 Å². The number of carbonyl (C=O) groups is 1. The number of rotatable bonds is 16. The van der Waals surface area contributed by atoms with Crippen molar-refractivity contribution in [2.24, 2.45) is 10.1 Å². The van der Waals surface area contributed by atoms with Gasteiger partial charge in [0.15, 0.2) is 11.6 Å². The maximum Gasteiger partial charge on any atom is 0.252 e. The third kappa shape index (κ3) is 8.06. The van der Waals surface area contributed by atoms with Crippen LogP contribution in [-0.4, -0.2) is 57.0 Å². The second kappa shape index (κ2) is 16.4. The SMILES string of the molecule is COc1cccc([C@H]2OC(c3ccc(OCCCO)cc3)=N[C@@]2(Cc2ccccc2CN=[N+]=[N-])C(=O)NCc2ccc(OC)cc2OC)c1. The number of methoxy groups -OCH3 is 3. The van der Waals surface area contributed by atoms with Gasteiger partial charge in [0.2, 0.25) is 5.90 Å². The summed E-state index contributed by atoms with van der Waals surface area (Å²) in [5.74, 6) is 2.31. The summed E-state index contributed by atoms with van der Waals surface area (Å²) in [6.45, 7) is 0.661. The molecule has 0 bridgehead atoms. The van der Waals surface area contributed by atoms with Gasteiger partial charge in [-0.25, -0.2) is 4.99 Å². The quantitative estimate of drug-likeness (QED) is 0.0634. The fourth-order valence-corrected chi connectivity index (χ4v) is 5.70. The highest BCUT2D eigenvalue weighted by Gasteiger charge is 2.53. The lowest BCUT2D eigenvalue weighted by Crippen LogP contribution is -2.49. The number of aliphatic hydroxyl groups excluding tert-OH is 1. The molecule has 2 N–H and O–H groups in total. The Kier molecular flexibility index (Phi) is 11.6. The van der Waals surface area contributed by atoms with Crippen molar-refractivity contribution >= 4 is 11.8 Å². The van der Waals surface area contributed by atoms with Crippen molar-refractivity contribution < 1.29 is 33.6 Å². The number of nitrogens with one attached hydrogen (secondary N) is 1. The summed E-state index contributed by atoms with van der Waals surface area (Å²) in [6.07, 6.45) is -0.229. The molecule has 0 aliphatic carbocycles. The van der Waals surface area contributed by atoms with Crippen LogP contribution in [0.3, 0.4) is 0 Å². The lowest BCUT2D eigenvalue weighted by atomic mass is 9.80. The van der Waals surface area contributed by atoms with Crippen LogP contribution in [0.25, 0.3) is 10.4 Å². The minimum Gasteiger partial charge on any atom is -0.497 e. The number of hydrogen-bond donors (Lipinski definition) is 2. The van der Waals surface area contributed by atoms with Gasteiger partial charge in [-0.15, -0.1) is 0 Å². The van der Waals surface area contributed by atoms with Gasteiger partial charge >= 0.3 is 0 Å². The molecule has 1 heterocycles. The molecule has 0 radical (unpaired) electrons. The van der Waals surface area contributed by atoms with E-state index in [1.54, 1.807) is 45.6 Å². The van der Waals surface area contributed by atoms with Crippen molar-refractivity contribution in [1.82, 2.24) is 5.32 Å². The molecule has 0 aromatic heterocycles. The first-order valence-electron chi connectivity index (χ1n) is 15.8. The molecule has 254 valence electrons. The van der Waals surface area contributed by atoms with Crippen molar-refractivity contribution in [2.45, 2.75) is 37.6 Å². The summed E-state index contributed by atoms with van der Waals surface area (Å²) in [5.41, 5.74) is 11.2. The predicted molar refractivity (Wildman–Crippen MR) is 184 cm³/mol. The van der Waals surface area contributed by atoms with E-state index < -0.39 is 11.6 Å². The Morgan fingerprint density at radius 1 is 0.918 bits per heavy atom.